The Morgan fingerprint density at radius 2 is 1.78 bits per heavy atom. The summed E-state index contributed by atoms with van der Waals surface area (Å²) >= 11 is 0. The van der Waals surface area contributed by atoms with Gasteiger partial charge in [-0.15, -0.1) is 0 Å². The third kappa shape index (κ3) is 3.63. The van der Waals surface area contributed by atoms with Crippen molar-refractivity contribution in [2.75, 3.05) is 18.0 Å². The fourth-order valence-corrected chi connectivity index (χ4v) is 3.66. The number of hydrogen-bond donors (Lipinski definition) is 1. The Bertz CT molecular complexity index is 576. The number of carbonyl (C=O) groups excluding carboxylic acids is 1. The van der Waals surface area contributed by atoms with Gasteiger partial charge in [-0.1, -0.05) is 25.0 Å². The number of piperidine rings is 1. The first kappa shape index (κ1) is 15.8. The topological polar surface area (TPSA) is 75.5 Å². The molecule has 2 aliphatic rings. The van der Waals surface area contributed by atoms with E-state index < -0.39 is 0 Å². The molecular weight excluding hydrogens is 294 g/mol. The first-order valence-electron chi connectivity index (χ1n) is 8.44. The lowest BCUT2D eigenvalue weighted by atomic mass is 9.95. The van der Waals surface area contributed by atoms with Crippen LogP contribution in [-0.4, -0.2) is 30.0 Å². The standard InChI is InChI=1S/C17H23N3O3/c21-17(18-14-5-1-2-6-14)13-9-11-19(12-10-13)15-7-3-4-8-16(15)20(22)23/h3-4,7-8,13-14H,1-2,5-6,9-12H2,(H,18,21). The number of rotatable bonds is 4. The van der Waals surface area contributed by atoms with Gasteiger partial charge in [0.2, 0.25) is 5.91 Å². The molecule has 0 bridgehead atoms. The average molecular weight is 317 g/mol. The lowest BCUT2D eigenvalue weighted by Crippen LogP contribution is -2.43. The minimum absolute atomic E-state index is 0.0367. The van der Waals surface area contributed by atoms with Crippen LogP contribution in [0, 0.1) is 16.0 Å². The van der Waals surface area contributed by atoms with Crippen molar-refractivity contribution in [2.45, 2.75) is 44.6 Å². The summed E-state index contributed by atoms with van der Waals surface area (Å²) in [6.45, 7) is 1.38. The second-order valence-corrected chi connectivity index (χ2v) is 6.50. The Hall–Kier alpha value is -2.11. The number of benzene rings is 1. The van der Waals surface area contributed by atoms with E-state index in [2.05, 4.69) is 5.32 Å². The molecule has 6 heteroatoms. The van der Waals surface area contributed by atoms with Crippen LogP contribution in [0.2, 0.25) is 0 Å². The molecule has 1 amide bonds. The summed E-state index contributed by atoms with van der Waals surface area (Å²) < 4.78 is 0. The highest BCUT2D eigenvalue weighted by atomic mass is 16.6. The summed E-state index contributed by atoms with van der Waals surface area (Å²) in [5.41, 5.74) is 0.800. The lowest BCUT2D eigenvalue weighted by Gasteiger charge is -2.33. The highest BCUT2D eigenvalue weighted by molar-refractivity contribution is 5.79. The average Bonchev–Trinajstić information content (AvgIpc) is 3.08. The molecular formula is C17H23N3O3. The highest BCUT2D eigenvalue weighted by Crippen LogP contribution is 2.31. The fraction of sp³-hybridized carbons (Fsp3) is 0.588. The summed E-state index contributed by atoms with van der Waals surface area (Å²) in [5, 5.41) is 14.3. The fourth-order valence-electron chi connectivity index (χ4n) is 3.66. The normalized spacial score (nSPS) is 19.7. The van der Waals surface area contributed by atoms with Crippen molar-refractivity contribution in [1.29, 1.82) is 0 Å². The molecule has 3 rings (SSSR count). The molecule has 1 saturated heterocycles. The Morgan fingerprint density at radius 1 is 1.13 bits per heavy atom. The molecule has 23 heavy (non-hydrogen) atoms. The molecule has 0 spiro atoms. The van der Waals surface area contributed by atoms with Gasteiger partial charge in [0.1, 0.15) is 5.69 Å². The van der Waals surface area contributed by atoms with Crippen LogP contribution in [0.25, 0.3) is 0 Å². The van der Waals surface area contributed by atoms with Gasteiger partial charge in [0.25, 0.3) is 5.69 Å². The molecule has 1 aromatic rings. The third-order valence-corrected chi connectivity index (χ3v) is 4.99. The van der Waals surface area contributed by atoms with E-state index in [0.29, 0.717) is 24.8 Å². The molecule has 0 atom stereocenters. The van der Waals surface area contributed by atoms with E-state index in [0.717, 1.165) is 25.7 Å². The number of hydrogen-bond acceptors (Lipinski definition) is 4. The smallest absolute Gasteiger partial charge is 0.292 e. The van der Waals surface area contributed by atoms with Gasteiger partial charge in [0.15, 0.2) is 0 Å². The molecule has 6 nitrogen and oxygen atoms in total. The first-order chi connectivity index (χ1) is 11.1. The van der Waals surface area contributed by atoms with Crippen molar-refractivity contribution < 1.29 is 9.72 Å². The van der Waals surface area contributed by atoms with E-state index in [1.54, 1.807) is 12.1 Å². The van der Waals surface area contributed by atoms with Gasteiger partial charge in [-0.3, -0.25) is 14.9 Å². The summed E-state index contributed by atoms with van der Waals surface area (Å²) in [6, 6.07) is 7.19. The van der Waals surface area contributed by atoms with Crippen LogP contribution in [0.4, 0.5) is 11.4 Å². The van der Waals surface area contributed by atoms with E-state index in [1.165, 1.54) is 18.9 Å². The van der Waals surface area contributed by atoms with Crippen molar-refractivity contribution in [2.24, 2.45) is 5.92 Å². The number of nitrogens with zero attached hydrogens (tertiary/aromatic N) is 2. The van der Waals surface area contributed by atoms with Crippen molar-refractivity contribution >= 4 is 17.3 Å². The predicted molar refractivity (Wildman–Crippen MR) is 88.4 cm³/mol. The van der Waals surface area contributed by atoms with Gasteiger partial charge in [0.05, 0.1) is 4.92 Å². The zero-order valence-electron chi connectivity index (χ0n) is 13.2. The Labute approximate surface area is 136 Å². The zero-order chi connectivity index (χ0) is 16.2. The van der Waals surface area contributed by atoms with Crippen LogP contribution in [0.3, 0.4) is 0 Å². The lowest BCUT2D eigenvalue weighted by molar-refractivity contribution is -0.384. The largest absolute Gasteiger partial charge is 0.366 e. The van der Waals surface area contributed by atoms with E-state index in [1.807, 2.05) is 11.0 Å². The summed E-state index contributed by atoms with van der Waals surface area (Å²) in [7, 11) is 0. The third-order valence-electron chi connectivity index (χ3n) is 4.99. The molecule has 1 aromatic carbocycles. The number of carbonyl (C=O) groups is 1. The Morgan fingerprint density at radius 3 is 2.43 bits per heavy atom. The quantitative estimate of drug-likeness (QED) is 0.684. The maximum Gasteiger partial charge on any atom is 0.292 e. The SMILES string of the molecule is O=C(NC1CCCC1)C1CCN(c2ccccc2[N+](=O)[O-])CC1. The number of para-hydroxylation sites is 2. The van der Waals surface area contributed by atoms with Crippen LogP contribution in [0.15, 0.2) is 24.3 Å². The maximum absolute atomic E-state index is 12.3. The number of amides is 1. The molecule has 1 aliphatic heterocycles. The molecule has 1 N–H and O–H groups in total. The molecule has 0 unspecified atom stereocenters. The Balaban J connectivity index is 1.58. The van der Waals surface area contributed by atoms with E-state index in [9.17, 15) is 14.9 Å². The number of nitro groups is 1. The predicted octanol–water partition coefficient (Wildman–Crippen LogP) is 2.87. The van der Waals surface area contributed by atoms with Crippen LogP contribution in [-0.2, 0) is 4.79 Å². The molecule has 2 fully saturated rings. The van der Waals surface area contributed by atoms with Crippen LogP contribution < -0.4 is 10.2 Å². The molecule has 1 saturated carbocycles. The Kier molecular flexibility index (Phi) is 4.79. The van der Waals surface area contributed by atoms with Crippen LogP contribution >= 0.6 is 0 Å². The number of nitrogens with one attached hydrogen (secondary N) is 1. The van der Waals surface area contributed by atoms with E-state index in [-0.39, 0.29) is 22.4 Å². The van der Waals surface area contributed by atoms with Gasteiger partial charge in [0, 0.05) is 31.1 Å². The molecule has 0 radical (unpaired) electrons. The van der Waals surface area contributed by atoms with E-state index in [4.69, 9.17) is 0 Å². The molecule has 124 valence electrons. The second kappa shape index (κ2) is 6.98. The number of anilines is 1. The highest BCUT2D eigenvalue weighted by Gasteiger charge is 2.29. The number of nitro benzene ring substituents is 1. The first-order valence-corrected chi connectivity index (χ1v) is 8.44. The van der Waals surface area contributed by atoms with Crippen molar-refractivity contribution in [3.63, 3.8) is 0 Å². The molecule has 1 heterocycles. The molecule has 0 aromatic heterocycles. The van der Waals surface area contributed by atoms with Crippen molar-refractivity contribution in [3.8, 4) is 0 Å². The van der Waals surface area contributed by atoms with Crippen molar-refractivity contribution in [3.05, 3.63) is 34.4 Å². The summed E-state index contributed by atoms with van der Waals surface area (Å²) in [4.78, 5) is 25.2. The van der Waals surface area contributed by atoms with Gasteiger partial charge >= 0.3 is 0 Å². The van der Waals surface area contributed by atoms with Gasteiger partial charge < -0.3 is 10.2 Å². The summed E-state index contributed by atoms with van der Waals surface area (Å²) in [5.74, 6) is 0.203. The zero-order valence-corrected chi connectivity index (χ0v) is 13.2. The van der Waals surface area contributed by atoms with Gasteiger partial charge in [-0.2, -0.15) is 0 Å². The minimum atomic E-state index is -0.339. The van der Waals surface area contributed by atoms with E-state index >= 15 is 0 Å². The second-order valence-electron chi connectivity index (χ2n) is 6.50. The van der Waals surface area contributed by atoms with Crippen LogP contribution in [0.1, 0.15) is 38.5 Å². The van der Waals surface area contributed by atoms with Crippen molar-refractivity contribution in [1.82, 2.24) is 5.32 Å². The van der Waals surface area contributed by atoms with Gasteiger partial charge in [-0.25, -0.2) is 0 Å². The van der Waals surface area contributed by atoms with Crippen LogP contribution in [0.5, 0.6) is 0 Å². The maximum atomic E-state index is 12.3. The van der Waals surface area contributed by atoms with Gasteiger partial charge in [-0.05, 0) is 31.7 Å². The monoisotopic (exact) mass is 317 g/mol. The minimum Gasteiger partial charge on any atom is -0.366 e. The molecule has 1 aliphatic carbocycles. The summed E-state index contributed by atoms with van der Waals surface area (Å²) in [6.07, 6.45) is 6.12.